The zero-order valence-electron chi connectivity index (χ0n) is 19.0. The Balaban J connectivity index is 1.36. The number of anilines is 1. The molecule has 1 saturated heterocycles. The molecule has 35 heavy (non-hydrogen) atoms. The molecule has 0 spiro atoms. The number of benzene rings is 3. The van der Waals surface area contributed by atoms with Gasteiger partial charge in [0.2, 0.25) is 17.7 Å². The first-order valence-electron chi connectivity index (χ1n) is 11.3. The molecular formula is C28H23N3O4. The molecule has 7 nitrogen and oxygen atoms in total. The van der Waals surface area contributed by atoms with Crippen LogP contribution in [0.1, 0.15) is 12.0 Å². The second-order valence-corrected chi connectivity index (χ2v) is 8.32. The molecular weight excluding hydrogens is 442 g/mol. The zero-order valence-corrected chi connectivity index (χ0v) is 19.0. The lowest BCUT2D eigenvalue weighted by Crippen LogP contribution is -2.46. The van der Waals surface area contributed by atoms with Crippen LogP contribution in [0.15, 0.2) is 95.9 Å². The second kappa shape index (κ2) is 9.38. The average molecular weight is 466 g/mol. The molecule has 0 N–H and O–H groups in total. The summed E-state index contributed by atoms with van der Waals surface area (Å²) >= 11 is 0. The van der Waals surface area contributed by atoms with E-state index in [-0.39, 0.29) is 31.2 Å². The number of para-hydroxylation sites is 2. The molecule has 0 aliphatic carbocycles. The maximum absolute atomic E-state index is 13.3. The zero-order chi connectivity index (χ0) is 24.4. The Morgan fingerprint density at radius 3 is 2.46 bits per heavy atom. The lowest BCUT2D eigenvalue weighted by molar-refractivity contribution is -0.137. The topological polar surface area (TPSA) is 83.7 Å². The number of rotatable bonds is 7. The van der Waals surface area contributed by atoms with Crippen molar-refractivity contribution in [2.45, 2.75) is 18.9 Å². The fraction of sp³-hybridized carbons (Fsp3) is 0.143. The summed E-state index contributed by atoms with van der Waals surface area (Å²) in [6.45, 7) is 3.90. The van der Waals surface area contributed by atoms with Gasteiger partial charge in [-0.2, -0.15) is 0 Å². The highest BCUT2D eigenvalue weighted by atomic mass is 16.3. The van der Waals surface area contributed by atoms with Crippen LogP contribution >= 0.6 is 0 Å². The second-order valence-electron chi connectivity index (χ2n) is 8.32. The van der Waals surface area contributed by atoms with Crippen LogP contribution in [0.3, 0.4) is 0 Å². The van der Waals surface area contributed by atoms with E-state index in [9.17, 15) is 14.4 Å². The number of aromatic nitrogens is 1. The van der Waals surface area contributed by atoms with E-state index in [0.29, 0.717) is 17.2 Å². The molecule has 0 radical (unpaired) electrons. The van der Waals surface area contributed by atoms with E-state index in [4.69, 9.17) is 4.42 Å². The molecule has 1 fully saturated rings. The van der Waals surface area contributed by atoms with Gasteiger partial charge in [-0.3, -0.25) is 14.4 Å². The lowest BCUT2D eigenvalue weighted by Gasteiger charge is -2.26. The number of hydrogen-bond donors (Lipinski definition) is 0. The van der Waals surface area contributed by atoms with Crippen molar-refractivity contribution in [3.8, 4) is 11.5 Å². The van der Waals surface area contributed by atoms with Crippen LogP contribution < -0.4 is 4.90 Å². The summed E-state index contributed by atoms with van der Waals surface area (Å²) in [4.78, 5) is 46.3. The van der Waals surface area contributed by atoms with Gasteiger partial charge in [-0.25, -0.2) is 9.88 Å². The van der Waals surface area contributed by atoms with Gasteiger partial charge in [0.15, 0.2) is 5.58 Å². The first-order valence-corrected chi connectivity index (χ1v) is 11.3. The van der Waals surface area contributed by atoms with E-state index >= 15 is 0 Å². The monoisotopic (exact) mass is 465 g/mol. The molecule has 1 unspecified atom stereocenters. The van der Waals surface area contributed by atoms with Crippen LogP contribution in [-0.2, 0) is 20.8 Å². The number of fused-ring (bicyclic) bond motifs is 1. The molecule has 1 aliphatic heterocycles. The first-order chi connectivity index (χ1) is 17.0. The van der Waals surface area contributed by atoms with Gasteiger partial charge in [0.1, 0.15) is 11.6 Å². The van der Waals surface area contributed by atoms with Gasteiger partial charge in [-0.15, -0.1) is 6.58 Å². The summed E-state index contributed by atoms with van der Waals surface area (Å²) in [5, 5.41) is 0. The number of carbonyl (C=O) groups excluding carboxylic acids is 3. The number of nitrogens with zero attached hydrogens (tertiary/aromatic N) is 3. The third kappa shape index (κ3) is 4.36. The minimum absolute atomic E-state index is 0.0694. The third-order valence-corrected chi connectivity index (χ3v) is 6.01. The molecule has 1 aromatic heterocycles. The molecule has 4 aromatic rings. The standard InChI is InChI=1S/C28H23N3O4/c1-2-16-30(25(32)17-19-8-4-3-5-9-19)23-18-26(33)31(28(23)34)21-14-12-20(13-15-21)27-29-22-10-6-7-11-24(22)35-27/h2-15,23H,1,16-18H2. The highest BCUT2D eigenvalue weighted by Gasteiger charge is 2.44. The number of hydrogen-bond acceptors (Lipinski definition) is 5. The van der Waals surface area contributed by atoms with Crippen molar-refractivity contribution < 1.29 is 18.8 Å². The molecule has 1 aliphatic rings. The Bertz CT molecular complexity index is 1380. The Hall–Kier alpha value is -4.52. The van der Waals surface area contributed by atoms with Gasteiger partial charge in [0.25, 0.3) is 5.91 Å². The molecule has 1 atom stereocenters. The van der Waals surface area contributed by atoms with Crippen LogP contribution in [0.2, 0.25) is 0 Å². The maximum Gasteiger partial charge on any atom is 0.257 e. The van der Waals surface area contributed by atoms with E-state index < -0.39 is 11.9 Å². The minimum Gasteiger partial charge on any atom is -0.436 e. The summed E-state index contributed by atoms with van der Waals surface area (Å²) in [7, 11) is 0. The van der Waals surface area contributed by atoms with Crippen molar-refractivity contribution in [1.82, 2.24) is 9.88 Å². The van der Waals surface area contributed by atoms with E-state index in [2.05, 4.69) is 11.6 Å². The highest BCUT2D eigenvalue weighted by molar-refractivity contribution is 6.23. The molecule has 5 rings (SSSR count). The quantitative estimate of drug-likeness (QED) is 0.299. The van der Waals surface area contributed by atoms with Crippen molar-refractivity contribution in [2.75, 3.05) is 11.4 Å². The van der Waals surface area contributed by atoms with Gasteiger partial charge in [0, 0.05) is 12.1 Å². The first kappa shape index (κ1) is 22.3. The van der Waals surface area contributed by atoms with Crippen LogP contribution in [-0.4, -0.2) is 40.2 Å². The Kier molecular flexibility index (Phi) is 5.97. The third-order valence-electron chi connectivity index (χ3n) is 6.01. The van der Waals surface area contributed by atoms with Gasteiger partial charge >= 0.3 is 0 Å². The summed E-state index contributed by atoms with van der Waals surface area (Å²) in [5.74, 6) is -0.544. The summed E-state index contributed by atoms with van der Waals surface area (Å²) < 4.78 is 5.80. The molecule has 0 bridgehead atoms. The van der Waals surface area contributed by atoms with Crippen molar-refractivity contribution >= 4 is 34.5 Å². The van der Waals surface area contributed by atoms with Crippen LogP contribution in [0.25, 0.3) is 22.6 Å². The summed E-state index contributed by atoms with van der Waals surface area (Å²) in [6, 6.07) is 22.8. The van der Waals surface area contributed by atoms with Crippen molar-refractivity contribution in [3.05, 3.63) is 97.1 Å². The Morgan fingerprint density at radius 2 is 1.74 bits per heavy atom. The van der Waals surface area contributed by atoms with Gasteiger partial charge in [-0.05, 0) is 42.0 Å². The van der Waals surface area contributed by atoms with Crippen molar-refractivity contribution in [2.24, 2.45) is 0 Å². The smallest absolute Gasteiger partial charge is 0.257 e. The number of oxazole rings is 1. The molecule has 174 valence electrons. The average Bonchev–Trinajstić information content (AvgIpc) is 3.43. The summed E-state index contributed by atoms with van der Waals surface area (Å²) in [5.41, 5.74) is 3.45. The Labute approximate surface area is 202 Å². The SMILES string of the molecule is C=CCN(C(=O)Cc1ccccc1)C1CC(=O)N(c2ccc(-c3nc4ccccc4o3)cc2)C1=O. The van der Waals surface area contributed by atoms with Crippen LogP contribution in [0, 0.1) is 0 Å². The van der Waals surface area contributed by atoms with Gasteiger partial charge in [-0.1, -0.05) is 48.5 Å². The number of carbonyl (C=O) groups is 3. The lowest BCUT2D eigenvalue weighted by atomic mass is 10.1. The largest absolute Gasteiger partial charge is 0.436 e. The molecule has 7 heteroatoms. The van der Waals surface area contributed by atoms with Crippen LogP contribution in [0.5, 0.6) is 0 Å². The molecule has 3 aromatic carbocycles. The minimum atomic E-state index is -0.867. The molecule has 3 amide bonds. The van der Waals surface area contributed by atoms with E-state index in [1.807, 2.05) is 54.6 Å². The normalized spacial score (nSPS) is 15.5. The summed E-state index contributed by atoms with van der Waals surface area (Å²) in [6.07, 6.45) is 1.64. The van der Waals surface area contributed by atoms with Crippen LogP contribution in [0.4, 0.5) is 5.69 Å². The predicted octanol–water partition coefficient (Wildman–Crippen LogP) is 4.38. The fourth-order valence-corrected chi connectivity index (χ4v) is 4.29. The van der Waals surface area contributed by atoms with E-state index in [0.717, 1.165) is 21.5 Å². The van der Waals surface area contributed by atoms with Gasteiger partial charge in [0.05, 0.1) is 18.5 Å². The maximum atomic E-state index is 13.3. The Morgan fingerprint density at radius 1 is 1.03 bits per heavy atom. The van der Waals surface area contributed by atoms with Crippen molar-refractivity contribution in [3.63, 3.8) is 0 Å². The molecule has 0 saturated carbocycles. The molecule has 2 heterocycles. The predicted molar refractivity (Wildman–Crippen MR) is 132 cm³/mol. The number of amides is 3. The van der Waals surface area contributed by atoms with E-state index in [1.54, 1.807) is 30.3 Å². The van der Waals surface area contributed by atoms with Gasteiger partial charge < -0.3 is 9.32 Å². The fourth-order valence-electron chi connectivity index (χ4n) is 4.29. The number of imide groups is 1. The van der Waals surface area contributed by atoms with Crippen molar-refractivity contribution in [1.29, 1.82) is 0 Å². The van der Waals surface area contributed by atoms with E-state index in [1.165, 1.54) is 4.90 Å². The highest BCUT2D eigenvalue weighted by Crippen LogP contribution is 2.30.